The molecule has 2 aromatic rings. The third-order valence-electron chi connectivity index (χ3n) is 3.99. The maximum absolute atomic E-state index is 12.9. The first-order valence-corrected chi connectivity index (χ1v) is 8.36. The van der Waals surface area contributed by atoms with E-state index in [-0.39, 0.29) is 23.7 Å². The van der Waals surface area contributed by atoms with E-state index in [2.05, 4.69) is 10.2 Å². The van der Waals surface area contributed by atoms with Crippen LogP contribution in [-0.4, -0.2) is 35.5 Å². The number of likely N-dealkylation sites (N-methyl/N-ethyl adjacent to an activating group) is 1. The lowest BCUT2D eigenvalue weighted by molar-refractivity contribution is -0.115. The fraction of sp³-hybridized carbons (Fsp3) is 0.294. The van der Waals surface area contributed by atoms with Crippen LogP contribution in [0.15, 0.2) is 24.3 Å². The van der Waals surface area contributed by atoms with Crippen LogP contribution in [0.4, 0.5) is 9.39 Å². The Kier molecular flexibility index (Phi) is 4.64. The van der Waals surface area contributed by atoms with Gasteiger partial charge in [0.05, 0.1) is 12.0 Å². The molecule has 2 heterocycles. The van der Waals surface area contributed by atoms with Crippen LogP contribution in [0.1, 0.15) is 26.4 Å². The molecule has 1 aromatic heterocycles. The number of nitrogens with one attached hydrogen (secondary N) is 1. The topological polar surface area (TPSA) is 69.6 Å². The van der Waals surface area contributed by atoms with Gasteiger partial charge in [-0.3, -0.25) is 4.79 Å². The van der Waals surface area contributed by atoms with E-state index in [4.69, 9.17) is 0 Å². The van der Waals surface area contributed by atoms with Crippen molar-refractivity contribution in [1.82, 2.24) is 4.90 Å². The third-order valence-corrected chi connectivity index (χ3v) is 5.12. The van der Waals surface area contributed by atoms with Gasteiger partial charge >= 0.3 is 5.97 Å². The molecule has 1 aromatic carbocycles. The highest BCUT2D eigenvalue weighted by molar-refractivity contribution is 7.17. The van der Waals surface area contributed by atoms with Crippen LogP contribution in [-0.2, 0) is 24.2 Å². The SMILES string of the molecule is CN1CCc2c(sc(NC(=O)Cc3ccc(F)cc3)c2C(=O)O)C1. The number of nitrogens with zero attached hydrogens (tertiary/aromatic N) is 1. The van der Waals surface area contributed by atoms with Crippen molar-refractivity contribution in [2.24, 2.45) is 0 Å². The molecule has 0 bridgehead atoms. The number of anilines is 1. The maximum Gasteiger partial charge on any atom is 0.339 e. The first kappa shape index (κ1) is 16.6. The highest BCUT2D eigenvalue weighted by atomic mass is 32.1. The molecule has 0 saturated carbocycles. The lowest BCUT2D eigenvalue weighted by Gasteiger charge is -2.22. The summed E-state index contributed by atoms with van der Waals surface area (Å²) in [4.78, 5) is 26.9. The summed E-state index contributed by atoms with van der Waals surface area (Å²) < 4.78 is 12.9. The number of carboxylic acid groups (broad SMARTS) is 1. The average Bonchev–Trinajstić information content (AvgIpc) is 2.86. The zero-order valence-electron chi connectivity index (χ0n) is 13.1. The Morgan fingerprint density at radius 1 is 1.33 bits per heavy atom. The van der Waals surface area contributed by atoms with Gasteiger partial charge in [0.2, 0.25) is 5.91 Å². The Bertz CT molecular complexity index is 786. The zero-order valence-corrected chi connectivity index (χ0v) is 14.0. The molecule has 0 saturated heterocycles. The van der Waals surface area contributed by atoms with E-state index in [0.29, 0.717) is 23.5 Å². The molecule has 1 aliphatic heterocycles. The first-order valence-electron chi connectivity index (χ1n) is 7.54. The van der Waals surface area contributed by atoms with Crippen LogP contribution < -0.4 is 5.32 Å². The van der Waals surface area contributed by atoms with Crippen LogP contribution >= 0.6 is 11.3 Å². The van der Waals surface area contributed by atoms with Crippen molar-refractivity contribution < 1.29 is 19.1 Å². The largest absolute Gasteiger partial charge is 0.478 e. The predicted octanol–water partition coefficient (Wildman–Crippen LogP) is 2.75. The van der Waals surface area contributed by atoms with Crippen LogP contribution in [0.5, 0.6) is 0 Å². The number of thiophene rings is 1. The smallest absolute Gasteiger partial charge is 0.339 e. The Labute approximate surface area is 142 Å². The van der Waals surface area contributed by atoms with Crippen molar-refractivity contribution in [3.05, 3.63) is 51.7 Å². The number of halogens is 1. The van der Waals surface area contributed by atoms with Gasteiger partial charge in [-0.05, 0) is 36.7 Å². The summed E-state index contributed by atoms with van der Waals surface area (Å²) >= 11 is 1.32. The third kappa shape index (κ3) is 3.47. The Balaban J connectivity index is 1.80. The standard InChI is InChI=1S/C17H17FN2O3S/c1-20-7-6-12-13(9-20)24-16(15(12)17(22)23)19-14(21)8-10-2-4-11(18)5-3-10/h2-5H,6-9H2,1H3,(H,19,21)(H,22,23). The molecular formula is C17H17FN2O3S. The van der Waals surface area contributed by atoms with E-state index < -0.39 is 5.97 Å². The lowest BCUT2D eigenvalue weighted by Crippen LogP contribution is -2.26. The molecule has 3 rings (SSSR count). The number of hydrogen-bond acceptors (Lipinski definition) is 4. The minimum Gasteiger partial charge on any atom is -0.478 e. The molecule has 1 amide bonds. The van der Waals surface area contributed by atoms with E-state index in [1.807, 2.05) is 7.05 Å². The second kappa shape index (κ2) is 6.70. The van der Waals surface area contributed by atoms with Gasteiger partial charge < -0.3 is 15.3 Å². The van der Waals surface area contributed by atoms with E-state index >= 15 is 0 Å². The maximum atomic E-state index is 12.9. The summed E-state index contributed by atoms with van der Waals surface area (Å²) in [7, 11) is 1.98. The Morgan fingerprint density at radius 2 is 2.04 bits per heavy atom. The summed E-state index contributed by atoms with van der Waals surface area (Å²) in [5, 5.41) is 12.6. The number of carbonyl (C=O) groups is 2. The van der Waals surface area contributed by atoms with Crippen LogP contribution in [0, 0.1) is 5.82 Å². The number of carbonyl (C=O) groups excluding carboxylic acids is 1. The van der Waals surface area contributed by atoms with Crippen LogP contribution in [0.3, 0.4) is 0 Å². The monoisotopic (exact) mass is 348 g/mol. The Hall–Kier alpha value is -2.25. The minimum absolute atomic E-state index is 0.0712. The molecule has 0 radical (unpaired) electrons. The molecule has 5 nitrogen and oxygen atoms in total. The summed E-state index contributed by atoms with van der Waals surface area (Å²) in [6.45, 7) is 1.49. The summed E-state index contributed by atoms with van der Waals surface area (Å²) in [5.74, 6) is -1.69. The second-order valence-electron chi connectivity index (χ2n) is 5.85. The van der Waals surface area contributed by atoms with Crippen molar-refractivity contribution >= 4 is 28.2 Å². The van der Waals surface area contributed by atoms with Gasteiger partial charge in [-0.25, -0.2) is 9.18 Å². The Morgan fingerprint density at radius 3 is 2.71 bits per heavy atom. The van der Waals surface area contributed by atoms with Gasteiger partial charge in [0, 0.05) is 18.0 Å². The van der Waals surface area contributed by atoms with Crippen LogP contribution in [0.2, 0.25) is 0 Å². The molecule has 0 aliphatic carbocycles. The van der Waals surface area contributed by atoms with Gasteiger partial charge in [-0.1, -0.05) is 12.1 Å². The van der Waals surface area contributed by atoms with Gasteiger partial charge in [0.25, 0.3) is 0 Å². The normalized spacial score (nSPS) is 14.2. The lowest BCUT2D eigenvalue weighted by atomic mass is 10.0. The second-order valence-corrected chi connectivity index (χ2v) is 6.96. The molecule has 0 fully saturated rings. The summed E-state index contributed by atoms with van der Waals surface area (Å²) in [6.07, 6.45) is 0.736. The van der Waals surface area contributed by atoms with E-state index in [1.165, 1.54) is 23.5 Å². The van der Waals surface area contributed by atoms with Crippen molar-refractivity contribution in [2.45, 2.75) is 19.4 Å². The van der Waals surface area contributed by atoms with Crippen molar-refractivity contribution in [2.75, 3.05) is 18.9 Å². The van der Waals surface area contributed by atoms with E-state index in [0.717, 1.165) is 17.0 Å². The number of benzene rings is 1. The number of carboxylic acids is 1. The first-order chi connectivity index (χ1) is 11.4. The van der Waals surface area contributed by atoms with Gasteiger partial charge in [0.1, 0.15) is 10.8 Å². The molecule has 0 spiro atoms. The molecule has 0 unspecified atom stereocenters. The molecular weight excluding hydrogens is 331 g/mol. The van der Waals surface area contributed by atoms with Crippen LogP contribution in [0.25, 0.3) is 0 Å². The quantitative estimate of drug-likeness (QED) is 0.891. The number of amides is 1. The van der Waals surface area contributed by atoms with E-state index in [9.17, 15) is 19.1 Å². The fourth-order valence-corrected chi connectivity index (χ4v) is 4.14. The molecule has 1 aliphatic rings. The van der Waals surface area contributed by atoms with Gasteiger partial charge in [-0.15, -0.1) is 11.3 Å². The number of hydrogen-bond donors (Lipinski definition) is 2. The summed E-state index contributed by atoms with van der Waals surface area (Å²) in [6, 6.07) is 5.68. The highest BCUT2D eigenvalue weighted by Crippen LogP contribution is 2.36. The van der Waals surface area contributed by atoms with Gasteiger partial charge in [0.15, 0.2) is 0 Å². The number of fused-ring (bicyclic) bond motifs is 1. The fourth-order valence-electron chi connectivity index (χ4n) is 2.80. The molecule has 2 N–H and O–H groups in total. The molecule has 7 heteroatoms. The predicted molar refractivity (Wildman–Crippen MR) is 90.1 cm³/mol. The highest BCUT2D eigenvalue weighted by Gasteiger charge is 2.27. The minimum atomic E-state index is -1.02. The number of aromatic carboxylic acids is 1. The van der Waals surface area contributed by atoms with Crippen molar-refractivity contribution in [3.63, 3.8) is 0 Å². The van der Waals surface area contributed by atoms with E-state index in [1.54, 1.807) is 12.1 Å². The molecule has 126 valence electrons. The average molecular weight is 348 g/mol. The van der Waals surface area contributed by atoms with Gasteiger partial charge in [-0.2, -0.15) is 0 Å². The van der Waals surface area contributed by atoms with Crippen molar-refractivity contribution in [1.29, 1.82) is 0 Å². The summed E-state index contributed by atoms with van der Waals surface area (Å²) in [5.41, 5.74) is 1.70. The zero-order chi connectivity index (χ0) is 17.3. The number of rotatable bonds is 4. The van der Waals surface area contributed by atoms with Crippen molar-refractivity contribution in [3.8, 4) is 0 Å². The molecule has 24 heavy (non-hydrogen) atoms. The molecule has 0 atom stereocenters.